The van der Waals surface area contributed by atoms with E-state index in [2.05, 4.69) is 5.32 Å². The van der Waals surface area contributed by atoms with E-state index >= 15 is 0 Å². The number of carbonyl (C=O) groups is 2. The number of benzene rings is 1. The molecule has 2 amide bonds. The molecular formula is C12H12F2N2O2. The Morgan fingerprint density at radius 1 is 1.39 bits per heavy atom. The number of hydrogen-bond donors (Lipinski definition) is 1. The zero-order valence-corrected chi connectivity index (χ0v) is 9.74. The molecular weight excluding hydrogens is 242 g/mol. The molecule has 0 aromatic heterocycles. The molecule has 0 saturated carbocycles. The van der Waals surface area contributed by atoms with Gasteiger partial charge in [0.05, 0.1) is 19.1 Å². The lowest BCUT2D eigenvalue weighted by atomic mass is 10.1. The Bertz CT molecular complexity index is 505. The number of amides is 2. The first kappa shape index (κ1) is 12.6. The van der Waals surface area contributed by atoms with Gasteiger partial charge in [0.15, 0.2) is 11.6 Å². The van der Waals surface area contributed by atoms with Crippen molar-refractivity contribution in [3.8, 4) is 0 Å². The average molecular weight is 254 g/mol. The number of imide groups is 1. The molecule has 1 atom stereocenters. The van der Waals surface area contributed by atoms with Gasteiger partial charge in [-0.05, 0) is 13.0 Å². The van der Waals surface area contributed by atoms with E-state index in [1.165, 1.54) is 12.1 Å². The molecule has 0 bridgehead atoms. The molecule has 1 fully saturated rings. The summed E-state index contributed by atoms with van der Waals surface area (Å²) in [7, 11) is 0. The normalized spacial score (nSPS) is 20.4. The zero-order chi connectivity index (χ0) is 13.3. The minimum Gasteiger partial charge on any atom is -0.298 e. The quantitative estimate of drug-likeness (QED) is 0.795. The molecule has 96 valence electrons. The highest BCUT2D eigenvalue weighted by Gasteiger charge is 2.31. The third-order valence-electron chi connectivity index (χ3n) is 2.86. The predicted molar refractivity (Wildman–Crippen MR) is 59.4 cm³/mol. The van der Waals surface area contributed by atoms with E-state index < -0.39 is 29.5 Å². The minimum absolute atomic E-state index is 0.00852. The first-order chi connectivity index (χ1) is 8.50. The molecule has 6 heteroatoms. The maximum absolute atomic E-state index is 13.5. The van der Waals surface area contributed by atoms with Crippen LogP contribution in [0.25, 0.3) is 0 Å². The van der Waals surface area contributed by atoms with Gasteiger partial charge in [-0.2, -0.15) is 0 Å². The minimum atomic E-state index is -1.02. The molecule has 1 saturated heterocycles. The Labute approximate surface area is 103 Å². The fraction of sp³-hybridized carbons (Fsp3) is 0.333. The third kappa shape index (κ3) is 2.24. The van der Waals surface area contributed by atoms with Gasteiger partial charge in [0.25, 0.3) is 0 Å². The standard InChI is InChI=1S/C12H12F2N2O2/c1-7-12(18)16(10(17)5-15-7)6-8-3-2-4-9(13)11(8)14/h2-4,7,15H,5-6H2,1H3. The lowest BCUT2D eigenvalue weighted by molar-refractivity contribution is -0.149. The van der Waals surface area contributed by atoms with Crippen molar-refractivity contribution >= 4 is 11.8 Å². The van der Waals surface area contributed by atoms with Gasteiger partial charge in [-0.25, -0.2) is 8.78 Å². The lowest BCUT2D eigenvalue weighted by Crippen LogP contribution is -2.56. The van der Waals surface area contributed by atoms with Crippen LogP contribution < -0.4 is 5.32 Å². The van der Waals surface area contributed by atoms with Crippen molar-refractivity contribution in [3.05, 3.63) is 35.4 Å². The summed E-state index contributed by atoms with van der Waals surface area (Å²) in [6.45, 7) is 1.39. The molecule has 2 rings (SSSR count). The van der Waals surface area contributed by atoms with Gasteiger partial charge in [0.1, 0.15) is 0 Å². The number of rotatable bonds is 2. The molecule has 0 spiro atoms. The van der Waals surface area contributed by atoms with Crippen molar-refractivity contribution in [2.45, 2.75) is 19.5 Å². The maximum atomic E-state index is 13.5. The summed E-state index contributed by atoms with van der Waals surface area (Å²) in [4.78, 5) is 24.3. The second kappa shape index (κ2) is 4.81. The van der Waals surface area contributed by atoms with Gasteiger partial charge in [0.2, 0.25) is 11.8 Å². The Balaban J connectivity index is 2.24. The lowest BCUT2D eigenvalue weighted by Gasteiger charge is -2.29. The smallest absolute Gasteiger partial charge is 0.246 e. The first-order valence-corrected chi connectivity index (χ1v) is 5.51. The van der Waals surface area contributed by atoms with Crippen LogP contribution in [0.3, 0.4) is 0 Å². The van der Waals surface area contributed by atoms with Gasteiger partial charge >= 0.3 is 0 Å². The molecule has 4 nitrogen and oxygen atoms in total. The van der Waals surface area contributed by atoms with Crippen molar-refractivity contribution in [1.82, 2.24) is 10.2 Å². The fourth-order valence-corrected chi connectivity index (χ4v) is 1.79. The Kier molecular flexibility index (Phi) is 3.38. The van der Waals surface area contributed by atoms with Gasteiger partial charge in [0, 0.05) is 5.56 Å². The molecule has 0 aliphatic carbocycles. The maximum Gasteiger partial charge on any atom is 0.246 e. The van der Waals surface area contributed by atoms with Crippen molar-refractivity contribution in [1.29, 1.82) is 0 Å². The van der Waals surface area contributed by atoms with Gasteiger partial charge < -0.3 is 0 Å². The number of nitrogens with zero attached hydrogens (tertiary/aromatic N) is 1. The predicted octanol–water partition coefficient (Wildman–Crippen LogP) is 0.812. The van der Waals surface area contributed by atoms with Crippen LogP contribution in [0.4, 0.5) is 8.78 Å². The van der Waals surface area contributed by atoms with E-state index in [1.807, 2.05) is 0 Å². The third-order valence-corrected chi connectivity index (χ3v) is 2.86. The number of nitrogens with one attached hydrogen (secondary N) is 1. The van der Waals surface area contributed by atoms with Crippen molar-refractivity contribution in [2.24, 2.45) is 0 Å². The number of piperazine rings is 1. The van der Waals surface area contributed by atoms with E-state index in [9.17, 15) is 18.4 Å². The summed E-state index contributed by atoms with van der Waals surface area (Å²) in [6, 6.07) is 3.18. The second-order valence-corrected chi connectivity index (χ2v) is 4.13. The average Bonchev–Trinajstić information content (AvgIpc) is 2.35. The van der Waals surface area contributed by atoms with Gasteiger partial charge in [-0.1, -0.05) is 12.1 Å². The van der Waals surface area contributed by atoms with Crippen LogP contribution in [0.2, 0.25) is 0 Å². The zero-order valence-electron chi connectivity index (χ0n) is 9.74. The summed E-state index contributed by atoms with van der Waals surface area (Å²) >= 11 is 0. The van der Waals surface area contributed by atoms with Crippen LogP contribution in [0.15, 0.2) is 18.2 Å². The number of hydrogen-bond acceptors (Lipinski definition) is 3. The van der Waals surface area contributed by atoms with E-state index in [1.54, 1.807) is 6.92 Å². The highest BCUT2D eigenvalue weighted by atomic mass is 19.2. The summed E-state index contributed by atoms with van der Waals surface area (Å²) < 4.78 is 26.5. The monoisotopic (exact) mass is 254 g/mol. The fourth-order valence-electron chi connectivity index (χ4n) is 1.79. The van der Waals surface area contributed by atoms with E-state index in [4.69, 9.17) is 0 Å². The van der Waals surface area contributed by atoms with Crippen LogP contribution in [0, 0.1) is 11.6 Å². The van der Waals surface area contributed by atoms with Crippen LogP contribution in [0.5, 0.6) is 0 Å². The SMILES string of the molecule is CC1NCC(=O)N(Cc2cccc(F)c2F)C1=O. The molecule has 1 aromatic carbocycles. The summed E-state index contributed by atoms with van der Waals surface area (Å²) in [5.74, 6) is -2.89. The highest BCUT2D eigenvalue weighted by molar-refractivity contribution is 6.00. The number of carbonyl (C=O) groups excluding carboxylic acids is 2. The summed E-state index contributed by atoms with van der Waals surface area (Å²) in [6.07, 6.45) is 0. The molecule has 1 unspecified atom stereocenters. The molecule has 0 radical (unpaired) electrons. The topological polar surface area (TPSA) is 49.4 Å². The molecule has 1 aliphatic rings. The van der Waals surface area contributed by atoms with E-state index in [-0.39, 0.29) is 18.7 Å². The van der Waals surface area contributed by atoms with Gasteiger partial charge in [-0.15, -0.1) is 0 Å². The molecule has 1 heterocycles. The molecule has 1 N–H and O–H groups in total. The summed E-state index contributed by atoms with van der Waals surface area (Å²) in [5.41, 5.74) is -0.00852. The van der Waals surface area contributed by atoms with Crippen molar-refractivity contribution in [2.75, 3.05) is 6.54 Å². The summed E-state index contributed by atoms with van der Waals surface area (Å²) in [5, 5.41) is 2.71. The van der Waals surface area contributed by atoms with Crippen molar-refractivity contribution in [3.63, 3.8) is 0 Å². The molecule has 1 aromatic rings. The van der Waals surface area contributed by atoms with Crippen LogP contribution in [-0.2, 0) is 16.1 Å². The van der Waals surface area contributed by atoms with Gasteiger partial charge in [-0.3, -0.25) is 19.8 Å². The molecule has 18 heavy (non-hydrogen) atoms. The number of halogens is 2. The van der Waals surface area contributed by atoms with E-state index in [0.29, 0.717) is 0 Å². The Hall–Kier alpha value is -1.82. The highest BCUT2D eigenvalue weighted by Crippen LogP contribution is 2.15. The van der Waals surface area contributed by atoms with Crippen LogP contribution in [-0.4, -0.2) is 29.3 Å². The van der Waals surface area contributed by atoms with Crippen molar-refractivity contribution < 1.29 is 18.4 Å². The Morgan fingerprint density at radius 3 is 2.83 bits per heavy atom. The van der Waals surface area contributed by atoms with Crippen LogP contribution >= 0.6 is 0 Å². The van der Waals surface area contributed by atoms with Crippen LogP contribution in [0.1, 0.15) is 12.5 Å². The first-order valence-electron chi connectivity index (χ1n) is 5.51. The molecule has 1 aliphatic heterocycles. The Morgan fingerprint density at radius 2 is 2.11 bits per heavy atom. The largest absolute Gasteiger partial charge is 0.298 e. The van der Waals surface area contributed by atoms with E-state index in [0.717, 1.165) is 11.0 Å². The second-order valence-electron chi connectivity index (χ2n) is 4.13.